The summed E-state index contributed by atoms with van der Waals surface area (Å²) in [5, 5.41) is 9.44. The summed E-state index contributed by atoms with van der Waals surface area (Å²) in [6.07, 6.45) is 0. The summed E-state index contributed by atoms with van der Waals surface area (Å²) >= 11 is 1.57. The maximum atomic E-state index is 5.74. The van der Waals surface area contributed by atoms with E-state index in [2.05, 4.69) is 46.4 Å². The lowest BCUT2D eigenvalue weighted by molar-refractivity contribution is 0.555. The fraction of sp³-hybridized carbons (Fsp3) is 0.167. The van der Waals surface area contributed by atoms with Crippen LogP contribution in [0.15, 0.2) is 58.1 Å². The normalized spacial score (nSPS) is 11.2. The predicted octanol–water partition coefficient (Wildman–Crippen LogP) is 4.22. The minimum Gasteiger partial charge on any atom is -0.440 e. The van der Waals surface area contributed by atoms with E-state index in [0.717, 1.165) is 27.6 Å². The van der Waals surface area contributed by atoms with Crippen LogP contribution in [0.4, 0.5) is 0 Å². The first kappa shape index (κ1) is 15.0. The maximum Gasteiger partial charge on any atom is 0.205 e. The monoisotopic (exact) mass is 336 g/mol. The van der Waals surface area contributed by atoms with E-state index in [0.29, 0.717) is 11.6 Å². The molecule has 6 heteroatoms. The van der Waals surface area contributed by atoms with Crippen molar-refractivity contribution < 1.29 is 4.42 Å². The topological polar surface area (TPSA) is 56.7 Å². The third kappa shape index (κ3) is 2.80. The summed E-state index contributed by atoms with van der Waals surface area (Å²) in [4.78, 5) is 4.49. The van der Waals surface area contributed by atoms with Gasteiger partial charge >= 0.3 is 0 Å². The van der Waals surface area contributed by atoms with Gasteiger partial charge in [0.05, 0.1) is 5.75 Å². The zero-order valence-corrected chi connectivity index (χ0v) is 14.2. The van der Waals surface area contributed by atoms with Crippen LogP contribution in [0.3, 0.4) is 0 Å². The van der Waals surface area contributed by atoms with E-state index in [-0.39, 0.29) is 0 Å². The van der Waals surface area contributed by atoms with Gasteiger partial charge in [0, 0.05) is 12.6 Å². The summed E-state index contributed by atoms with van der Waals surface area (Å²) in [6, 6.07) is 16.1. The molecule has 0 unspecified atom stereocenters. The molecule has 0 bridgehead atoms. The van der Waals surface area contributed by atoms with Crippen molar-refractivity contribution in [3.8, 4) is 11.4 Å². The van der Waals surface area contributed by atoms with Gasteiger partial charge in [0.1, 0.15) is 5.52 Å². The number of oxazole rings is 1. The van der Waals surface area contributed by atoms with Gasteiger partial charge < -0.3 is 8.98 Å². The largest absolute Gasteiger partial charge is 0.440 e. The summed E-state index contributed by atoms with van der Waals surface area (Å²) in [5.41, 5.74) is 3.98. The van der Waals surface area contributed by atoms with Crippen LogP contribution < -0.4 is 0 Å². The van der Waals surface area contributed by atoms with Crippen molar-refractivity contribution in [2.45, 2.75) is 17.8 Å². The Hall–Kier alpha value is -2.60. The number of aryl methyl sites for hydroxylation is 1. The summed E-state index contributed by atoms with van der Waals surface area (Å²) in [6.45, 7) is 2.07. The number of hydrogen-bond donors (Lipinski definition) is 0. The molecule has 120 valence electrons. The Morgan fingerprint density at radius 1 is 1.04 bits per heavy atom. The molecule has 0 aliphatic carbocycles. The van der Waals surface area contributed by atoms with E-state index in [1.807, 2.05) is 35.9 Å². The van der Waals surface area contributed by atoms with Crippen LogP contribution in [0.1, 0.15) is 11.5 Å². The van der Waals surface area contributed by atoms with Crippen LogP contribution in [0, 0.1) is 6.92 Å². The highest BCUT2D eigenvalue weighted by Crippen LogP contribution is 2.26. The van der Waals surface area contributed by atoms with Crippen molar-refractivity contribution >= 4 is 22.9 Å². The number of aromatic nitrogens is 4. The van der Waals surface area contributed by atoms with Crippen molar-refractivity contribution in [3.63, 3.8) is 0 Å². The Labute approximate surface area is 143 Å². The predicted molar refractivity (Wildman–Crippen MR) is 94.7 cm³/mol. The van der Waals surface area contributed by atoms with Gasteiger partial charge in [-0.1, -0.05) is 53.7 Å². The van der Waals surface area contributed by atoms with Crippen molar-refractivity contribution in [2.24, 2.45) is 7.05 Å². The summed E-state index contributed by atoms with van der Waals surface area (Å²) < 4.78 is 7.74. The Bertz CT molecular complexity index is 955. The van der Waals surface area contributed by atoms with E-state index in [1.165, 1.54) is 5.56 Å². The molecule has 4 rings (SSSR count). The van der Waals surface area contributed by atoms with Crippen LogP contribution in [-0.2, 0) is 12.8 Å². The standard InChI is InChI=1S/C18H16N4OS/c1-12-7-9-13(10-8-12)17-20-21-18(22(17)2)24-11-16-19-14-5-3-4-6-15(14)23-16/h3-10H,11H2,1-2H3. The number of fused-ring (bicyclic) bond motifs is 1. The van der Waals surface area contributed by atoms with E-state index in [4.69, 9.17) is 4.42 Å². The second-order valence-electron chi connectivity index (χ2n) is 5.60. The molecule has 0 saturated carbocycles. The number of thioether (sulfide) groups is 1. The van der Waals surface area contributed by atoms with Crippen LogP contribution in [-0.4, -0.2) is 19.7 Å². The van der Waals surface area contributed by atoms with E-state index in [9.17, 15) is 0 Å². The van der Waals surface area contributed by atoms with E-state index in [1.54, 1.807) is 11.8 Å². The third-order valence-electron chi connectivity index (χ3n) is 3.81. The molecule has 2 aromatic carbocycles. The Kier molecular flexibility index (Phi) is 3.82. The van der Waals surface area contributed by atoms with Gasteiger partial charge in [-0.15, -0.1) is 10.2 Å². The van der Waals surface area contributed by atoms with Crippen LogP contribution in [0.25, 0.3) is 22.5 Å². The minimum absolute atomic E-state index is 0.620. The van der Waals surface area contributed by atoms with Gasteiger partial charge in [-0.25, -0.2) is 4.98 Å². The second-order valence-corrected chi connectivity index (χ2v) is 6.54. The molecular formula is C18H16N4OS. The maximum absolute atomic E-state index is 5.74. The van der Waals surface area contributed by atoms with Crippen molar-refractivity contribution in [1.29, 1.82) is 0 Å². The Morgan fingerprint density at radius 2 is 1.83 bits per heavy atom. The number of benzene rings is 2. The molecule has 0 aliphatic heterocycles. The molecule has 4 aromatic rings. The molecule has 0 atom stereocenters. The summed E-state index contributed by atoms with van der Waals surface area (Å²) in [7, 11) is 1.98. The number of nitrogens with zero attached hydrogens (tertiary/aromatic N) is 4. The Balaban J connectivity index is 1.54. The highest BCUT2D eigenvalue weighted by atomic mass is 32.2. The second kappa shape index (κ2) is 6.13. The fourth-order valence-electron chi connectivity index (χ4n) is 2.50. The van der Waals surface area contributed by atoms with E-state index >= 15 is 0 Å². The highest BCUT2D eigenvalue weighted by Gasteiger charge is 2.13. The first-order valence-electron chi connectivity index (χ1n) is 7.64. The molecule has 2 heterocycles. The lowest BCUT2D eigenvalue weighted by atomic mass is 10.1. The van der Waals surface area contributed by atoms with Crippen molar-refractivity contribution in [1.82, 2.24) is 19.7 Å². The number of rotatable bonds is 4. The molecule has 2 aromatic heterocycles. The van der Waals surface area contributed by atoms with Gasteiger partial charge in [0.15, 0.2) is 16.6 Å². The van der Waals surface area contributed by atoms with Crippen molar-refractivity contribution in [3.05, 3.63) is 60.0 Å². The molecule has 0 radical (unpaired) electrons. The van der Waals surface area contributed by atoms with Crippen molar-refractivity contribution in [2.75, 3.05) is 0 Å². The molecule has 24 heavy (non-hydrogen) atoms. The Morgan fingerprint density at radius 3 is 2.62 bits per heavy atom. The van der Waals surface area contributed by atoms with Gasteiger partial charge in [0.25, 0.3) is 0 Å². The smallest absolute Gasteiger partial charge is 0.205 e. The average molecular weight is 336 g/mol. The molecule has 0 aliphatic rings. The lowest BCUT2D eigenvalue weighted by Crippen LogP contribution is -1.95. The lowest BCUT2D eigenvalue weighted by Gasteiger charge is -2.03. The first-order valence-corrected chi connectivity index (χ1v) is 8.63. The highest BCUT2D eigenvalue weighted by molar-refractivity contribution is 7.98. The fourth-order valence-corrected chi connectivity index (χ4v) is 3.26. The van der Waals surface area contributed by atoms with Gasteiger partial charge in [-0.05, 0) is 19.1 Å². The molecular weight excluding hydrogens is 320 g/mol. The van der Waals surface area contributed by atoms with Crippen LogP contribution in [0.5, 0.6) is 0 Å². The van der Waals surface area contributed by atoms with E-state index < -0.39 is 0 Å². The zero-order chi connectivity index (χ0) is 16.5. The van der Waals surface area contributed by atoms with Crippen LogP contribution >= 0.6 is 11.8 Å². The summed E-state index contributed by atoms with van der Waals surface area (Å²) in [5.74, 6) is 2.17. The quantitative estimate of drug-likeness (QED) is 0.522. The third-order valence-corrected chi connectivity index (χ3v) is 4.81. The molecule has 5 nitrogen and oxygen atoms in total. The minimum atomic E-state index is 0.620. The zero-order valence-electron chi connectivity index (χ0n) is 13.4. The average Bonchev–Trinajstić information content (AvgIpc) is 3.17. The number of para-hydroxylation sites is 2. The molecule has 0 N–H and O–H groups in total. The molecule has 0 amide bonds. The van der Waals surface area contributed by atoms with Gasteiger partial charge in [0.2, 0.25) is 5.89 Å². The van der Waals surface area contributed by atoms with Gasteiger partial charge in [-0.3, -0.25) is 0 Å². The first-order chi connectivity index (χ1) is 11.7. The molecule has 0 spiro atoms. The SMILES string of the molecule is Cc1ccc(-c2nnc(SCc3nc4ccccc4o3)n2C)cc1. The molecule has 0 saturated heterocycles. The molecule has 0 fully saturated rings. The van der Waals surface area contributed by atoms with Gasteiger partial charge in [-0.2, -0.15) is 0 Å². The number of hydrogen-bond acceptors (Lipinski definition) is 5. The van der Waals surface area contributed by atoms with Crippen LogP contribution in [0.2, 0.25) is 0 Å².